The molecule has 0 fully saturated rings. The molecule has 3 N–H and O–H groups in total. The van der Waals surface area contributed by atoms with Crippen molar-refractivity contribution in [3.05, 3.63) is 59.8 Å². The Labute approximate surface area is 111 Å². The van der Waals surface area contributed by atoms with E-state index in [1.54, 1.807) is 0 Å². The number of aryl methyl sites for hydroxylation is 1. The lowest BCUT2D eigenvalue weighted by Crippen LogP contribution is -2.10. The number of H-pyrrole nitrogens is 1. The van der Waals surface area contributed by atoms with Gasteiger partial charge in [-0.05, 0) is 35.4 Å². The number of hydrogen-bond donors (Lipinski definition) is 2. The first-order valence-corrected chi connectivity index (χ1v) is 6.14. The van der Waals surface area contributed by atoms with Crippen molar-refractivity contribution in [2.75, 3.05) is 0 Å². The third kappa shape index (κ3) is 1.99. The fraction of sp³-hybridized carbons (Fsp3) is 0.0625. The van der Waals surface area contributed by atoms with Crippen molar-refractivity contribution >= 4 is 16.7 Å². The number of carbonyl (C=O) groups is 1. The predicted molar refractivity (Wildman–Crippen MR) is 77.0 cm³/mol. The average Bonchev–Trinajstić information content (AvgIpc) is 2.80. The quantitative estimate of drug-likeness (QED) is 0.720. The number of carbonyl (C=O) groups excluding carboxylic acids is 1. The largest absolute Gasteiger partial charge is 0.366 e. The molecular weight excluding hydrogens is 236 g/mol. The SMILES string of the molecule is Cc1[nH]c(-c2ccc3ccccc3c2)cc1C(N)=O. The van der Waals surface area contributed by atoms with Crippen LogP contribution in [0.1, 0.15) is 16.1 Å². The van der Waals surface area contributed by atoms with E-state index in [9.17, 15) is 4.79 Å². The first kappa shape index (κ1) is 11.5. The van der Waals surface area contributed by atoms with E-state index >= 15 is 0 Å². The van der Waals surface area contributed by atoms with Crippen molar-refractivity contribution in [2.45, 2.75) is 6.92 Å². The number of aromatic amines is 1. The highest BCUT2D eigenvalue weighted by atomic mass is 16.1. The monoisotopic (exact) mass is 250 g/mol. The second kappa shape index (κ2) is 4.28. The van der Waals surface area contributed by atoms with E-state index in [2.05, 4.69) is 29.2 Å². The van der Waals surface area contributed by atoms with Crippen LogP contribution in [0.4, 0.5) is 0 Å². The number of amides is 1. The van der Waals surface area contributed by atoms with Crippen LogP contribution in [0.25, 0.3) is 22.0 Å². The summed E-state index contributed by atoms with van der Waals surface area (Å²) in [6, 6.07) is 16.2. The van der Waals surface area contributed by atoms with Crippen molar-refractivity contribution in [3.63, 3.8) is 0 Å². The molecule has 3 aromatic rings. The van der Waals surface area contributed by atoms with Crippen LogP contribution < -0.4 is 5.73 Å². The summed E-state index contributed by atoms with van der Waals surface area (Å²) in [5.74, 6) is -0.402. The molecule has 3 rings (SSSR count). The summed E-state index contributed by atoms with van der Waals surface area (Å²) in [5.41, 5.74) is 8.65. The highest BCUT2D eigenvalue weighted by molar-refractivity contribution is 5.96. The summed E-state index contributed by atoms with van der Waals surface area (Å²) < 4.78 is 0. The van der Waals surface area contributed by atoms with Crippen molar-refractivity contribution in [3.8, 4) is 11.3 Å². The van der Waals surface area contributed by atoms with Crippen LogP contribution in [0.5, 0.6) is 0 Å². The maximum absolute atomic E-state index is 11.3. The molecule has 0 radical (unpaired) electrons. The van der Waals surface area contributed by atoms with Crippen molar-refractivity contribution in [1.29, 1.82) is 0 Å². The highest BCUT2D eigenvalue weighted by Crippen LogP contribution is 2.25. The lowest BCUT2D eigenvalue weighted by Gasteiger charge is -2.01. The Morgan fingerprint density at radius 3 is 2.47 bits per heavy atom. The normalized spacial score (nSPS) is 10.8. The average molecular weight is 250 g/mol. The number of fused-ring (bicyclic) bond motifs is 1. The van der Waals surface area contributed by atoms with Gasteiger partial charge in [0.05, 0.1) is 5.56 Å². The topological polar surface area (TPSA) is 58.9 Å². The van der Waals surface area contributed by atoms with Gasteiger partial charge in [0, 0.05) is 11.4 Å². The van der Waals surface area contributed by atoms with Gasteiger partial charge in [0.2, 0.25) is 0 Å². The van der Waals surface area contributed by atoms with E-state index in [0.29, 0.717) is 5.56 Å². The minimum Gasteiger partial charge on any atom is -0.366 e. The lowest BCUT2D eigenvalue weighted by atomic mass is 10.0. The van der Waals surface area contributed by atoms with Crippen molar-refractivity contribution in [1.82, 2.24) is 4.98 Å². The highest BCUT2D eigenvalue weighted by Gasteiger charge is 2.10. The van der Waals surface area contributed by atoms with Gasteiger partial charge in [0.15, 0.2) is 0 Å². The lowest BCUT2D eigenvalue weighted by molar-refractivity contribution is 0.1000. The van der Waals surface area contributed by atoms with Gasteiger partial charge < -0.3 is 10.7 Å². The third-order valence-electron chi connectivity index (χ3n) is 3.34. The van der Waals surface area contributed by atoms with Gasteiger partial charge >= 0.3 is 0 Å². The van der Waals surface area contributed by atoms with E-state index in [1.165, 1.54) is 10.8 Å². The van der Waals surface area contributed by atoms with Crippen LogP contribution in [0, 0.1) is 6.92 Å². The third-order valence-corrected chi connectivity index (χ3v) is 3.34. The van der Waals surface area contributed by atoms with Crippen LogP contribution in [0.3, 0.4) is 0 Å². The smallest absolute Gasteiger partial charge is 0.250 e. The molecule has 94 valence electrons. The number of benzene rings is 2. The van der Waals surface area contributed by atoms with Crippen LogP contribution in [0.15, 0.2) is 48.5 Å². The van der Waals surface area contributed by atoms with E-state index in [1.807, 2.05) is 31.2 Å². The van der Waals surface area contributed by atoms with E-state index in [4.69, 9.17) is 5.73 Å². The second-order valence-corrected chi connectivity index (χ2v) is 4.65. The fourth-order valence-corrected chi connectivity index (χ4v) is 2.33. The number of hydrogen-bond acceptors (Lipinski definition) is 1. The van der Waals surface area contributed by atoms with Crippen LogP contribution in [-0.4, -0.2) is 10.9 Å². The van der Waals surface area contributed by atoms with E-state index in [-0.39, 0.29) is 0 Å². The van der Waals surface area contributed by atoms with Gasteiger partial charge in [-0.15, -0.1) is 0 Å². The number of aromatic nitrogens is 1. The Kier molecular flexibility index (Phi) is 2.60. The van der Waals surface area contributed by atoms with Gasteiger partial charge in [0.25, 0.3) is 5.91 Å². The van der Waals surface area contributed by atoms with Crippen LogP contribution in [0.2, 0.25) is 0 Å². The molecule has 0 aliphatic heterocycles. The Morgan fingerprint density at radius 1 is 1.05 bits per heavy atom. The zero-order chi connectivity index (χ0) is 13.4. The zero-order valence-electron chi connectivity index (χ0n) is 10.6. The number of primary amides is 1. The van der Waals surface area contributed by atoms with E-state index < -0.39 is 5.91 Å². The van der Waals surface area contributed by atoms with Crippen LogP contribution >= 0.6 is 0 Å². The summed E-state index contributed by atoms with van der Waals surface area (Å²) in [6.45, 7) is 1.85. The van der Waals surface area contributed by atoms with E-state index in [0.717, 1.165) is 17.0 Å². The van der Waals surface area contributed by atoms with Crippen LogP contribution in [-0.2, 0) is 0 Å². The van der Waals surface area contributed by atoms with Gasteiger partial charge in [-0.25, -0.2) is 0 Å². The number of nitrogens with two attached hydrogens (primary N) is 1. The minimum absolute atomic E-state index is 0.402. The maximum Gasteiger partial charge on any atom is 0.250 e. The molecule has 0 unspecified atom stereocenters. The zero-order valence-corrected chi connectivity index (χ0v) is 10.6. The second-order valence-electron chi connectivity index (χ2n) is 4.65. The van der Waals surface area contributed by atoms with Crippen molar-refractivity contribution in [2.24, 2.45) is 5.73 Å². The Balaban J connectivity index is 2.13. The summed E-state index contributed by atoms with van der Waals surface area (Å²) in [7, 11) is 0. The number of rotatable bonds is 2. The molecular formula is C16H14N2O. The molecule has 0 saturated heterocycles. The van der Waals surface area contributed by atoms with Crippen molar-refractivity contribution < 1.29 is 4.79 Å². The molecule has 2 aromatic carbocycles. The summed E-state index contributed by atoms with van der Waals surface area (Å²) >= 11 is 0. The molecule has 0 spiro atoms. The van der Waals surface area contributed by atoms with Gasteiger partial charge in [-0.2, -0.15) is 0 Å². The van der Waals surface area contributed by atoms with Gasteiger partial charge in [0.1, 0.15) is 0 Å². The predicted octanol–water partition coefficient (Wildman–Crippen LogP) is 3.24. The molecule has 0 aliphatic carbocycles. The Hall–Kier alpha value is -2.55. The molecule has 0 saturated carbocycles. The summed E-state index contributed by atoms with van der Waals surface area (Å²) in [6.07, 6.45) is 0. The first-order chi connectivity index (χ1) is 9.15. The fourth-order valence-electron chi connectivity index (χ4n) is 2.33. The Morgan fingerprint density at radius 2 is 1.79 bits per heavy atom. The maximum atomic E-state index is 11.3. The van der Waals surface area contributed by atoms with Gasteiger partial charge in [-0.1, -0.05) is 36.4 Å². The molecule has 0 bridgehead atoms. The first-order valence-electron chi connectivity index (χ1n) is 6.14. The summed E-state index contributed by atoms with van der Waals surface area (Å²) in [5, 5.41) is 2.37. The molecule has 1 aromatic heterocycles. The molecule has 3 heteroatoms. The standard InChI is InChI=1S/C16H14N2O/c1-10-14(16(17)19)9-15(18-10)13-7-6-11-4-2-3-5-12(11)8-13/h2-9,18H,1H3,(H2,17,19). The molecule has 0 atom stereocenters. The Bertz CT molecular complexity index is 771. The molecule has 1 heterocycles. The minimum atomic E-state index is -0.402. The molecule has 1 amide bonds. The molecule has 3 nitrogen and oxygen atoms in total. The van der Waals surface area contributed by atoms with Gasteiger partial charge in [-0.3, -0.25) is 4.79 Å². The molecule has 0 aliphatic rings. The summed E-state index contributed by atoms with van der Waals surface area (Å²) in [4.78, 5) is 14.5. The number of nitrogens with one attached hydrogen (secondary N) is 1. The molecule has 19 heavy (non-hydrogen) atoms.